The van der Waals surface area contributed by atoms with Gasteiger partial charge in [0.25, 0.3) is 0 Å². The number of fused-ring (bicyclic) bond motifs is 2. The van der Waals surface area contributed by atoms with Crippen molar-refractivity contribution in [3.8, 4) is 0 Å². The first-order valence-corrected chi connectivity index (χ1v) is 27.9. The molecule has 5 heterocycles. The molecule has 7 rings (SSSR count). The van der Waals surface area contributed by atoms with Crippen LogP contribution in [0.2, 0.25) is 0 Å². The fourth-order valence-corrected chi connectivity index (χ4v) is 14.0. The third kappa shape index (κ3) is 13.9. The Morgan fingerprint density at radius 2 is 1.32 bits per heavy atom. The zero-order valence-corrected chi connectivity index (χ0v) is 45.8. The Balaban J connectivity index is 0.934. The van der Waals surface area contributed by atoms with Gasteiger partial charge in [0.15, 0.2) is 0 Å². The van der Waals surface area contributed by atoms with Gasteiger partial charge in [0.2, 0.25) is 17.7 Å². The largest absolute Gasteiger partial charge is 0.377 e. The third-order valence-corrected chi connectivity index (χ3v) is 17.9. The van der Waals surface area contributed by atoms with Gasteiger partial charge in [0.1, 0.15) is 17.8 Å². The number of nitrogens with one attached hydrogen (secondary N) is 6. The van der Waals surface area contributed by atoms with Crippen LogP contribution >= 0.6 is 48.0 Å². The van der Waals surface area contributed by atoms with Crippen molar-refractivity contribution in [3.63, 3.8) is 0 Å². The number of nitrogens with zero attached hydrogens (tertiary/aromatic N) is 5. The van der Waals surface area contributed by atoms with E-state index < -0.39 is 23.5 Å². The van der Waals surface area contributed by atoms with E-state index in [2.05, 4.69) is 81.7 Å². The quantitative estimate of drug-likeness (QED) is 0.0622. The summed E-state index contributed by atoms with van der Waals surface area (Å²) >= 11 is 15.0. The third-order valence-electron chi connectivity index (χ3n) is 14.4. The lowest BCUT2D eigenvalue weighted by Gasteiger charge is -2.35. The molecule has 1 aromatic heterocycles. The molecule has 10 atom stereocenters. The molecule has 0 saturated carbocycles. The van der Waals surface area contributed by atoms with Crippen LogP contribution in [0.15, 0.2) is 66.9 Å². The van der Waals surface area contributed by atoms with Gasteiger partial charge in [-0.2, -0.15) is 0 Å². The van der Waals surface area contributed by atoms with Gasteiger partial charge in [-0.3, -0.25) is 19.3 Å². The molecule has 4 aliphatic heterocycles. The molecule has 0 radical (unpaired) electrons. The van der Waals surface area contributed by atoms with Crippen molar-refractivity contribution < 1.29 is 23.9 Å². The van der Waals surface area contributed by atoms with E-state index in [0.29, 0.717) is 36.7 Å². The lowest BCUT2D eigenvalue weighted by molar-refractivity contribution is -0.142. The van der Waals surface area contributed by atoms with Crippen molar-refractivity contribution >= 4 is 75.7 Å². The number of rotatable bonds is 21. The number of likely N-dealkylation sites (N-methyl/N-ethyl adjacent to an activating group) is 2. The van der Waals surface area contributed by atoms with Crippen molar-refractivity contribution in [3.05, 3.63) is 83.7 Å². The van der Waals surface area contributed by atoms with Crippen LogP contribution in [0.4, 0.5) is 0 Å². The molecule has 4 saturated heterocycles. The van der Waals surface area contributed by atoms with Gasteiger partial charge < -0.3 is 46.3 Å². The van der Waals surface area contributed by atoms with Crippen LogP contribution in [0.25, 0.3) is 0 Å². The number of amides is 3. The van der Waals surface area contributed by atoms with Gasteiger partial charge >= 0.3 is 0 Å². The first kappa shape index (κ1) is 55.0. The molecule has 6 N–H and O–H groups in total. The number of thioether (sulfide) groups is 2. The van der Waals surface area contributed by atoms with Crippen LogP contribution in [0.5, 0.6) is 0 Å². The maximum Gasteiger partial charge on any atom is 0.246 e. The van der Waals surface area contributed by atoms with Gasteiger partial charge in [0, 0.05) is 12.6 Å². The molecule has 0 unspecified atom stereocenters. The van der Waals surface area contributed by atoms with E-state index >= 15 is 0 Å². The summed E-state index contributed by atoms with van der Waals surface area (Å²) in [6, 6.07) is 17.5. The molecule has 4 fully saturated rings. The lowest BCUT2D eigenvalue weighted by Crippen LogP contribution is -2.58. The number of hydrogen-bond acceptors (Lipinski definition) is 14. The van der Waals surface area contributed by atoms with Crippen molar-refractivity contribution in [2.45, 2.75) is 139 Å². The highest BCUT2D eigenvalue weighted by molar-refractivity contribution is 8.00. The average molecular weight is 1050 g/mol. The van der Waals surface area contributed by atoms with Crippen LogP contribution in [0.3, 0.4) is 0 Å². The molecule has 0 spiro atoms. The van der Waals surface area contributed by atoms with E-state index in [1.165, 1.54) is 0 Å². The Hall–Kier alpha value is -3.73. The molecule has 2 aromatic carbocycles. The van der Waals surface area contributed by atoms with Gasteiger partial charge in [-0.25, -0.2) is 4.68 Å². The topological polar surface area (TPSA) is 179 Å². The zero-order chi connectivity index (χ0) is 50.9. The normalized spacial score (nSPS) is 25.6. The van der Waals surface area contributed by atoms with E-state index in [-0.39, 0.29) is 83.9 Å². The maximum absolute atomic E-state index is 14.5. The lowest BCUT2D eigenvalue weighted by atomic mass is 9.83. The van der Waals surface area contributed by atoms with E-state index in [1.54, 1.807) is 16.4 Å². The Kier molecular flexibility index (Phi) is 19.4. The highest BCUT2D eigenvalue weighted by Crippen LogP contribution is 2.47. The summed E-state index contributed by atoms with van der Waals surface area (Å²) < 4.78 is 14.2. The number of carbonyl (C=O) groups is 3. The Bertz CT molecular complexity index is 2270. The van der Waals surface area contributed by atoms with Crippen LogP contribution in [-0.4, -0.2) is 151 Å². The Morgan fingerprint density at radius 1 is 0.775 bits per heavy atom. The minimum Gasteiger partial charge on any atom is -0.377 e. The number of carbonyl (C=O) groups excluding carboxylic acids is 3. The van der Waals surface area contributed by atoms with Crippen molar-refractivity contribution in [2.24, 2.45) is 10.8 Å². The monoisotopic (exact) mass is 1050 g/mol. The molecule has 20 heteroatoms. The van der Waals surface area contributed by atoms with Crippen molar-refractivity contribution in [1.29, 1.82) is 0 Å². The second kappa shape index (κ2) is 25.0. The number of benzene rings is 2. The van der Waals surface area contributed by atoms with Gasteiger partial charge in [-0.05, 0) is 87.1 Å². The van der Waals surface area contributed by atoms with Crippen LogP contribution in [-0.2, 0) is 37.0 Å². The van der Waals surface area contributed by atoms with Crippen LogP contribution in [0.1, 0.15) is 96.1 Å². The van der Waals surface area contributed by atoms with Crippen LogP contribution in [0, 0.1) is 10.8 Å². The van der Waals surface area contributed by atoms with Crippen molar-refractivity contribution in [2.75, 3.05) is 52.0 Å². The molecule has 0 aliphatic carbocycles. The van der Waals surface area contributed by atoms with E-state index in [9.17, 15) is 14.4 Å². The summed E-state index contributed by atoms with van der Waals surface area (Å²) in [6.07, 6.45) is 5.07. The second-order valence-electron chi connectivity index (χ2n) is 20.7. The summed E-state index contributed by atoms with van der Waals surface area (Å²) in [5.74, 6) is 1.48. The molecular formula is C51H75N11O5S4. The zero-order valence-electron chi connectivity index (χ0n) is 42.5. The smallest absolute Gasteiger partial charge is 0.246 e. The predicted octanol–water partition coefficient (Wildman–Crippen LogP) is 4.97. The standard InChI is InChI=1S/C51H75N11O5S4/c1-32(52-7)47(68)54-36-19-23-70-41-25-50(3,4)43(61(41)28-36)45(63)55-40(35-17-13-10-14-18-35)31-67-29-37-27-60(59-58-37)21-22-66-30-39(34-15-11-9-12-16-34)56-46(64)44-51(5,6)26-42-62(44)49(65)38(20-24-71-42)57-48(69)33(2)53-8/h9-18,27,32-33,36,38-44,52-53H,19-26,28-31H2,1-8H3,(H,54,68)(H,55,63)(H,56,64)(H,57,69)/t32-,33-,36-,38-,39+,40+,41-,42-,43+,44+/m0/s1. The first-order valence-electron chi connectivity index (χ1n) is 25.0. The van der Waals surface area contributed by atoms with E-state index in [0.717, 1.165) is 47.0 Å². The average Bonchev–Trinajstić information content (AvgIpc) is 3.91. The predicted molar refractivity (Wildman–Crippen MR) is 291 cm³/mol. The minimum atomic E-state index is -0.675. The molecule has 388 valence electrons. The number of aromatic nitrogens is 3. The second-order valence-corrected chi connectivity index (χ2v) is 24.1. The van der Waals surface area contributed by atoms with Crippen LogP contribution < -0.4 is 31.9 Å². The fraction of sp³-hybridized carbons (Fsp3) is 0.627. The molecule has 3 amide bonds. The molecular weight excluding hydrogens is 975 g/mol. The van der Waals surface area contributed by atoms with Crippen molar-refractivity contribution in [1.82, 2.24) is 56.7 Å². The number of thiocarbonyl (C=S) groups is 2. The highest BCUT2D eigenvalue weighted by Gasteiger charge is 2.55. The molecule has 4 aliphatic rings. The van der Waals surface area contributed by atoms with E-state index in [4.69, 9.17) is 33.9 Å². The first-order chi connectivity index (χ1) is 34.0. The maximum atomic E-state index is 14.5. The molecule has 71 heavy (non-hydrogen) atoms. The van der Waals surface area contributed by atoms with Gasteiger partial charge in [-0.15, -0.1) is 28.6 Å². The van der Waals surface area contributed by atoms with Gasteiger partial charge in [-0.1, -0.05) is 118 Å². The Labute approximate surface area is 439 Å². The summed E-state index contributed by atoms with van der Waals surface area (Å²) in [6.45, 7) is 14.7. The molecule has 3 aromatic rings. The fourth-order valence-electron chi connectivity index (χ4n) is 10.2. The number of hydrogen-bond donors (Lipinski definition) is 6. The number of ether oxygens (including phenoxy) is 2. The minimum absolute atomic E-state index is 0.00717. The van der Waals surface area contributed by atoms with Gasteiger partial charge in [0.05, 0.1) is 90.1 Å². The molecule has 0 bridgehead atoms. The SMILES string of the molecule is CN[C@@H](C)C(=S)N[C@H]1CCS[C@H]2CC(C)(C)[C@@H](C(=O)N[C@H](COCc3cn(CCOC[C@@H](NC(=O)[C@H]4N5C(=O)[C@@H](NC(=S)[C@H](C)NC)CCS[C@H]5CC4(C)C)c4ccccc4)nn3)c3ccccc3)N2C1. The van der Waals surface area contributed by atoms with E-state index in [1.807, 2.05) is 105 Å². The summed E-state index contributed by atoms with van der Waals surface area (Å²) in [5.41, 5.74) is 1.81. The molecule has 16 nitrogen and oxygen atoms in total. The summed E-state index contributed by atoms with van der Waals surface area (Å²) in [4.78, 5) is 48.8. The highest BCUT2D eigenvalue weighted by atomic mass is 32.2. The summed E-state index contributed by atoms with van der Waals surface area (Å²) in [7, 11) is 3.75. The summed E-state index contributed by atoms with van der Waals surface area (Å²) in [5, 5.41) is 28.8. The Morgan fingerprint density at radius 3 is 1.96 bits per heavy atom.